The first-order valence-corrected chi connectivity index (χ1v) is 11.6. The van der Waals surface area contributed by atoms with E-state index in [9.17, 15) is 8.42 Å². The summed E-state index contributed by atoms with van der Waals surface area (Å²) in [6.07, 6.45) is 5.43. The largest absolute Gasteiger partial charge is 0.306 e. The molecule has 2 atom stereocenters. The molecule has 1 aliphatic carbocycles. The molecule has 1 fully saturated rings. The number of anilines is 1. The molecule has 1 aliphatic heterocycles. The quantitative estimate of drug-likeness (QED) is 0.777. The third kappa shape index (κ3) is 3.25. The van der Waals surface area contributed by atoms with E-state index in [1.165, 1.54) is 19.3 Å². The minimum atomic E-state index is -3.58. The molecule has 4 nitrogen and oxygen atoms in total. The van der Waals surface area contributed by atoms with Crippen LogP contribution in [-0.4, -0.2) is 40.0 Å². The summed E-state index contributed by atoms with van der Waals surface area (Å²) in [5.41, 5.74) is 3.22. The van der Waals surface area contributed by atoms with Crippen LogP contribution in [0.25, 0.3) is 0 Å². The van der Waals surface area contributed by atoms with Crippen molar-refractivity contribution in [3.05, 3.63) is 59.7 Å². The van der Waals surface area contributed by atoms with Gasteiger partial charge in [-0.2, -0.15) is 0 Å². The highest BCUT2D eigenvalue weighted by Crippen LogP contribution is 2.49. The normalized spacial score (nSPS) is 25.1. The maximum absolute atomic E-state index is 13.5. The molecule has 1 spiro atoms. The topological polar surface area (TPSA) is 40.6 Å². The fraction of sp³-hybridized carbons (Fsp3) is 0.478. The minimum absolute atomic E-state index is 0.150. The smallest absolute Gasteiger partial charge is 0.264 e. The molecule has 0 aromatic heterocycles. The first kappa shape index (κ1) is 19.5. The zero-order chi connectivity index (χ0) is 19.9. The Morgan fingerprint density at radius 2 is 1.75 bits per heavy atom. The Morgan fingerprint density at radius 3 is 2.46 bits per heavy atom. The van der Waals surface area contributed by atoms with Crippen molar-refractivity contribution < 1.29 is 8.42 Å². The van der Waals surface area contributed by atoms with Gasteiger partial charge in [-0.3, -0.25) is 4.31 Å². The minimum Gasteiger partial charge on any atom is -0.306 e. The lowest BCUT2D eigenvalue weighted by atomic mass is 9.74. The van der Waals surface area contributed by atoms with Gasteiger partial charge in [-0.1, -0.05) is 42.3 Å². The van der Waals surface area contributed by atoms with Gasteiger partial charge in [0.15, 0.2) is 0 Å². The van der Waals surface area contributed by atoms with Crippen LogP contribution in [0.15, 0.2) is 53.4 Å². The van der Waals surface area contributed by atoms with E-state index in [2.05, 4.69) is 25.1 Å². The van der Waals surface area contributed by atoms with Crippen LogP contribution in [0.4, 0.5) is 5.69 Å². The van der Waals surface area contributed by atoms with Crippen molar-refractivity contribution in [1.29, 1.82) is 0 Å². The van der Waals surface area contributed by atoms with E-state index in [4.69, 9.17) is 0 Å². The summed E-state index contributed by atoms with van der Waals surface area (Å²) < 4.78 is 28.8. The molecule has 2 aromatic carbocycles. The van der Waals surface area contributed by atoms with Crippen LogP contribution in [0.1, 0.15) is 36.8 Å². The van der Waals surface area contributed by atoms with E-state index in [1.54, 1.807) is 16.4 Å². The van der Waals surface area contributed by atoms with Gasteiger partial charge in [-0.15, -0.1) is 0 Å². The summed E-state index contributed by atoms with van der Waals surface area (Å²) in [4.78, 5) is 2.72. The Labute approximate surface area is 169 Å². The number of rotatable bonds is 3. The average molecular weight is 399 g/mol. The predicted molar refractivity (Wildman–Crippen MR) is 114 cm³/mol. The molecule has 0 bridgehead atoms. The van der Waals surface area contributed by atoms with Crippen molar-refractivity contribution in [3.8, 4) is 0 Å². The maximum atomic E-state index is 13.5. The second kappa shape index (κ2) is 7.20. The summed E-state index contributed by atoms with van der Waals surface area (Å²) in [5, 5.41) is 0. The third-order valence-corrected chi connectivity index (χ3v) is 8.53. The molecular formula is C23H30N2O2S. The number of benzene rings is 2. The number of hydrogen-bond donors (Lipinski definition) is 0. The van der Waals surface area contributed by atoms with Crippen molar-refractivity contribution in [3.63, 3.8) is 0 Å². The molecule has 4 rings (SSSR count). The first-order valence-electron chi connectivity index (χ1n) is 10.2. The van der Waals surface area contributed by atoms with Gasteiger partial charge in [0.25, 0.3) is 10.0 Å². The van der Waals surface area contributed by atoms with Crippen LogP contribution in [0.3, 0.4) is 0 Å². The van der Waals surface area contributed by atoms with Crippen molar-refractivity contribution in [1.82, 2.24) is 4.90 Å². The molecule has 1 heterocycles. The van der Waals surface area contributed by atoms with Crippen LogP contribution in [-0.2, 0) is 16.4 Å². The second-order valence-corrected chi connectivity index (χ2v) is 10.5. The van der Waals surface area contributed by atoms with Gasteiger partial charge in [-0.05, 0) is 75.9 Å². The standard InChI is InChI=1S/C23H30N2O2S/c1-18-10-12-20(13-11-18)28(26,27)25-16-15-23(14-6-9-22(23)24(2)3)17-19-7-4-5-8-21(19)25/h4-5,7-8,10-13,22H,6,9,14-17H2,1-3H3. The van der Waals surface area contributed by atoms with Crippen LogP contribution >= 0.6 is 0 Å². The lowest BCUT2D eigenvalue weighted by Crippen LogP contribution is -2.43. The van der Waals surface area contributed by atoms with Gasteiger partial charge >= 0.3 is 0 Å². The van der Waals surface area contributed by atoms with Crippen LogP contribution in [0.5, 0.6) is 0 Å². The summed E-state index contributed by atoms with van der Waals surface area (Å²) in [6, 6.07) is 15.8. The average Bonchev–Trinajstić information content (AvgIpc) is 2.98. The van der Waals surface area contributed by atoms with Gasteiger partial charge in [0.2, 0.25) is 0 Å². The zero-order valence-electron chi connectivity index (χ0n) is 17.1. The SMILES string of the molecule is Cc1ccc(S(=O)(=O)N2CCC3(CCCC3N(C)C)Cc3ccccc32)cc1. The Hall–Kier alpha value is -1.85. The molecule has 2 aliphatic rings. The van der Waals surface area contributed by atoms with Crippen LogP contribution in [0.2, 0.25) is 0 Å². The number of aryl methyl sites for hydroxylation is 1. The van der Waals surface area contributed by atoms with E-state index >= 15 is 0 Å². The Bertz CT molecular complexity index is 953. The number of para-hydroxylation sites is 1. The molecule has 2 unspecified atom stereocenters. The van der Waals surface area contributed by atoms with Gasteiger partial charge in [-0.25, -0.2) is 8.42 Å². The molecule has 1 saturated carbocycles. The van der Waals surface area contributed by atoms with Crippen molar-refractivity contribution in [2.24, 2.45) is 5.41 Å². The number of sulfonamides is 1. The van der Waals surface area contributed by atoms with Gasteiger partial charge in [0, 0.05) is 12.6 Å². The predicted octanol–water partition coefficient (Wildman–Crippen LogP) is 4.24. The summed E-state index contributed by atoms with van der Waals surface area (Å²) in [6.45, 7) is 2.51. The fourth-order valence-electron chi connectivity index (χ4n) is 5.33. The van der Waals surface area contributed by atoms with Crippen molar-refractivity contribution >= 4 is 15.7 Å². The van der Waals surface area contributed by atoms with E-state index in [1.807, 2.05) is 37.3 Å². The van der Waals surface area contributed by atoms with Gasteiger partial charge in [0.1, 0.15) is 0 Å². The lowest BCUT2D eigenvalue weighted by molar-refractivity contribution is 0.126. The summed E-state index contributed by atoms with van der Waals surface area (Å²) in [7, 11) is 0.744. The fourth-order valence-corrected chi connectivity index (χ4v) is 6.83. The van der Waals surface area contributed by atoms with Crippen molar-refractivity contribution in [2.75, 3.05) is 24.9 Å². The number of fused-ring (bicyclic) bond motifs is 1. The van der Waals surface area contributed by atoms with E-state index in [-0.39, 0.29) is 5.41 Å². The third-order valence-electron chi connectivity index (χ3n) is 6.71. The molecule has 0 saturated heterocycles. The Kier molecular flexibility index (Phi) is 5.00. The van der Waals surface area contributed by atoms with Gasteiger partial charge in [0.05, 0.1) is 10.6 Å². The number of nitrogens with zero attached hydrogens (tertiary/aromatic N) is 2. The maximum Gasteiger partial charge on any atom is 0.264 e. The number of hydrogen-bond acceptors (Lipinski definition) is 3. The first-order chi connectivity index (χ1) is 13.3. The monoisotopic (exact) mass is 398 g/mol. The van der Waals surface area contributed by atoms with E-state index < -0.39 is 10.0 Å². The highest BCUT2D eigenvalue weighted by Gasteiger charge is 2.46. The summed E-state index contributed by atoms with van der Waals surface area (Å²) >= 11 is 0. The molecule has 2 aromatic rings. The van der Waals surface area contributed by atoms with E-state index in [0.29, 0.717) is 17.5 Å². The highest BCUT2D eigenvalue weighted by molar-refractivity contribution is 7.92. The Morgan fingerprint density at radius 1 is 1.04 bits per heavy atom. The van der Waals surface area contributed by atoms with Crippen molar-refractivity contribution in [2.45, 2.75) is 50.0 Å². The van der Waals surface area contributed by atoms with Crippen LogP contribution < -0.4 is 4.31 Å². The molecular weight excluding hydrogens is 368 g/mol. The Balaban J connectivity index is 1.78. The van der Waals surface area contributed by atoms with Gasteiger partial charge < -0.3 is 4.90 Å². The summed E-state index contributed by atoms with van der Waals surface area (Å²) in [5.74, 6) is 0. The van der Waals surface area contributed by atoms with E-state index in [0.717, 1.165) is 29.7 Å². The highest BCUT2D eigenvalue weighted by atomic mass is 32.2. The molecule has 5 heteroatoms. The van der Waals surface area contributed by atoms with Crippen LogP contribution in [0, 0.1) is 12.3 Å². The molecule has 150 valence electrons. The zero-order valence-corrected chi connectivity index (χ0v) is 17.9. The molecule has 0 amide bonds. The second-order valence-electron chi connectivity index (χ2n) is 8.68. The molecule has 0 N–H and O–H groups in total. The lowest BCUT2D eigenvalue weighted by Gasteiger charge is -2.39. The molecule has 28 heavy (non-hydrogen) atoms. The molecule has 0 radical (unpaired) electrons.